The number of sulfonamides is 1. The van der Waals surface area contributed by atoms with Crippen molar-refractivity contribution in [1.29, 1.82) is 0 Å². The van der Waals surface area contributed by atoms with E-state index in [0.29, 0.717) is 24.9 Å². The normalized spacial score (nSPS) is 14.6. The topological polar surface area (TPSA) is 101 Å². The molecular formula is C21H22ClF2N3O5S2. The Kier molecular flexibility index (Phi) is 8.72. The summed E-state index contributed by atoms with van der Waals surface area (Å²) in [5, 5.41) is 11.0. The minimum atomic E-state index is -4.44. The lowest BCUT2D eigenvalue weighted by Gasteiger charge is -2.28. The van der Waals surface area contributed by atoms with Crippen LogP contribution >= 0.6 is 23.4 Å². The number of thioether (sulfide) groups is 1. The molecule has 0 spiro atoms. The van der Waals surface area contributed by atoms with Crippen molar-refractivity contribution >= 4 is 50.7 Å². The molecule has 0 aromatic heterocycles. The Morgan fingerprint density at radius 3 is 2.29 bits per heavy atom. The molecule has 1 aliphatic rings. The monoisotopic (exact) mass is 533 g/mol. The average Bonchev–Trinajstić information content (AvgIpc) is 3.07. The number of likely N-dealkylation sites (tertiary alicyclic amines) is 1. The van der Waals surface area contributed by atoms with Crippen molar-refractivity contribution in [2.24, 2.45) is 0 Å². The molecule has 2 aromatic rings. The van der Waals surface area contributed by atoms with Gasteiger partial charge < -0.3 is 4.90 Å². The van der Waals surface area contributed by atoms with E-state index in [9.17, 15) is 32.1 Å². The van der Waals surface area contributed by atoms with E-state index in [1.807, 2.05) is 0 Å². The molecule has 184 valence electrons. The number of hydrogen-bond acceptors (Lipinski definition) is 6. The van der Waals surface area contributed by atoms with Crippen LogP contribution in [-0.4, -0.2) is 49.5 Å². The van der Waals surface area contributed by atoms with Crippen LogP contribution in [0.15, 0.2) is 52.3 Å². The second-order valence-electron chi connectivity index (χ2n) is 7.55. The second kappa shape index (κ2) is 11.3. The summed E-state index contributed by atoms with van der Waals surface area (Å²) in [5.74, 6) is -3.06. The zero-order valence-electron chi connectivity index (χ0n) is 17.9. The maximum atomic E-state index is 13.5. The highest BCUT2D eigenvalue weighted by Crippen LogP contribution is 2.32. The molecule has 1 heterocycles. The van der Waals surface area contributed by atoms with E-state index in [0.717, 1.165) is 48.2 Å². The zero-order valence-corrected chi connectivity index (χ0v) is 20.3. The minimum absolute atomic E-state index is 0.0689. The number of amides is 1. The van der Waals surface area contributed by atoms with Crippen LogP contribution in [-0.2, 0) is 14.8 Å². The van der Waals surface area contributed by atoms with Crippen molar-refractivity contribution in [2.45, 2.75) is 41.2 Å². The van der Waals surface area contributed by atoms with Crippen LogP contribution in [0.3, 0.4) is 0 Å². The van der Waals surface area contributed by atoms with Gasteiger partial charge in [-0.2, -0.15) is 8.78 Å². The molecule has 1 fully saturated rings. The van der Waals surface area contributed by atoms with Crippen LogP contribution in [0.25, 0.3) is 0 Å². The number of anilines is 1. The van der Waals surface area contributed by atoms with Gasteiger partial charge in [-0.3, -0.25) is 19.2 Å². The van der Waals surface area contributed by atoms with Crippen LogP contribution < -0.4 is 4.31 Å². The third-order valence-electron chi connectivity index (χ3n) is 5.29. The highest BCUT2D eigenvalue weighted by atomic mass is 35.5. The van der Waals surface area contributed by atoms with Crippen LogP contribution in [0.1, 0.15) is 25.7 Å². The van der Waals surface area contributed by atoms with E-state index in [1.54, 1.807) is 4.90 Å². The number of nitro groups is 1. The first-order valence-electron chi connectivity index (χ1n) is 10.4. The van der Waals surface area contributed by atoms with Crippen LogP contribution in [0.2, 0.25) is 5.02 Å². The maximum Gasteiger partial charge on any atom is 0.289 e. The Morgan fingerprint density at radius 1 is 1.12 bits per heavy atom. The van der Waals surface area contributed by atoms with Gasteiger partial charge >= 0.3 is 0 Å². The first-order valence-corrected chi connectivity index (χ1v) is 13.1. The Labute approximate surface area is 205 Å². The Morgan fingerprint density at radius 2 is 1.74 bits per heavy atom. The number of nitrogens with zero attached hydrogens (tertiary/aromatic N) is 3. The number of halogens is 3. The highest BCUT2D eigenvalue weighted by Gasteiger charge is 2.31. The molecule has 8 nitrogen and oxygen atoms in total. The van der Waals surface area contributed by atoms with E-state index in [2.05, 4.69) is 0 Å². The first-order chi connectivity index (χ1) is 16.1. The number of hydrogen-bond donors (Lipinski definition) is 0. The number of rotatable bonds is 8. The molecule has 0 radical (unpaired) electrons. The molecule has 0 aliphatic carbocycles. The van der Waals surface area contributed by atoms with Gasteiger partial charge in [0.2, 0.25) is 5.91 Å². The molecule has 13 heteroatoms. The lowest BCUT2D eigenvalue weighted by molar-refractivity contribution is -0.384. The van der Waals surface area contributed by atoms with Gasteiger partial charge in [0.05, 0.1) is 15.5 Å². The predicted molar refractivity (Wildman–Crippen MR) is 126 cm³/mol. The summed E-state index contributed by atoms with van der Waals surface area (Å²) >= 11 is 6.13. The van der Waals surface area contributed by atoms with Crippen LogP contribution in [0.5, 0.6) is 0 Å². The molecule has 0 unspecified atom stereocenters. The summed E-state index contributed by atoms with van der Waals surface area (Å²) < 4.78 is 53.3. The molecule has 0 bridgehead atoms. The fourth-order valence-electron chi connectivity index (χ4n) is 3.57. The fourth-order valence-corrected chi connectivity index (χ4v) is 5.69. The molecule has 34 heavy (non-hydrogen) atoms. The van der Waals surface area contributed by atoms with Gasteiger partial charge in [0.1, 0.15) is 11.6 Å². The van der Waals surface area contributed by atoms with Gasteiger partial charge in [-0.15, -0.1) is 0 Å². The van der Waals surface area contributed by atoms with Gasteiger partial charge in [0.25, 0.3) is 21.5 Å². The molecule has 0 saturated carbocycles. The van der Waals surface area contributed by atoms with Crippen LogP contribution in [0, 0.1) is 10.1 Å². The van der Waals surface area contributed by atoms with Crippen LogP contribution in [0.4, 0.5) is 20.2 Å². The van der Waals surface area contributed by atoms with Gasteiger partial charge in [-0.1, -0.05) is 36.2 Å². The second-order valence-corrected chi connectivity index (χ2v) is 10.9. The first kappa shape index (κ1) is 26.2. The summed E-state index contributed by atoms with van der Waals surface area (Å²) in [6.45, 7) is 0.465. The van der Waals surface area contributed by atoms with E-state index in [1.165, 1.54) is 24.3 Å². The lowest BCUT2D eigenvalue weighted by atomic mass is 10.2. The van der Waals surface area contributed by atoms with Crippen molar-refractivity contribution in [2.75, 3.05) is 23.9 Å². The molecule has 3 rings (SSSR count). The third kappa shape index (κ3) is 6.36. The summed E-state index contributed by atoms with van der Waals surface area (Å²) in [6, 6.07) is 8.36. The summed E-state index contributed by atoms with van der Waals surface area (Å²) in [5.41, 5.74) is -0.524. The van der Waals surface area contributed by atoms with Gasteiger partial charge in [0, 0.05) is 24.1 Å². The Bertz CT molecular complexity index is 1140. The van der Waals surface area contributed by atoms with Crippen molar-refractivity contribution in [1.82, 2.24) is 4.90 Å². The highest BCUT2D eigenvalue weighted by molar-refractivity contribution is 7.99. The summed E-state index contributed by atoms with van der Waals surface area (Å²) in [7, 11) is -4.44. The van der Waals surface area contributed by atoms with Gasteiger partial charge in [-0.05, 0) is 49.2 Å². The zero-order chi connectivity index (χ0) is 24.9. The van der Waals surface area contributed by atoms with E-state index in [4.69, 9.17) is 11.6 Å². The number of benzene rings is 2. The fraction of sp³-hybridized carbons (Fsp3) is 0.381. The number of carbonyl (C=O) groups excluding carboxylic acids is 1. The van der Waals surface area contributed by atoms with Gasteiger partial charge in [-0.25, -0.2) is 8.42 Å². The molecule has 0 N–H and O–H groups in total. The van der Waals surface area contributed by atoms with Gasteiger partial charge in [0.15, 0.2) is 0 Å². The van der Waals surface area contributed by atoms with Crippen molar-refractivity contribution < 1.29 is 26.9 Å². The molecule has 0 atom stereocenters. The lowest BCUT2D eigenvalue weighted by Crippen LogP contribution is -2.43. The largest absolute Gasteiger partial charge is 0.341 e. The van der Waals surface area contributed by atoms with E-state index < -0.39 is 43.7 Å². The van der Waals surface area contributed by atoms with E-state index >= 15 is 0 Å². The smallest absolute Gasteiger partial charge is 0.289 e. The molecule has 1 saturated heterocycles. The van der Waals surface area contributed by atoms with Crippen molar-refractivity contribution in [3.8, 4) is 0 Å². The van der Waals surface area contributed by atoms with E-state index in [-0.39, 0.29) is 15.6 Å². The quantitative estimate of drug-likeness (QED) is 0.264. The summed E-state index contributed by atoms with van der Waals surface area (Å²) in [6.07, 6.45) is 3.57. The Hall–Kier alpha value is -2.44. The average molecular weight is 534 g/mol. The number of carbonyl (C=O) groups is 1. The minimum Gasteiger partial charge on any atom is -0.341 e. The summed E-state index contributed by atoms with van der Waals surface area (Å²) in [4.78, 5) is 24.9. The number of nitro benzene ring substituents is 1. The molecule has 1 amide bonds. The third-order valence-corrected chi connectivity index (χ3v) is 8.10. The molecule has 1 aliphatic heterocycles. The number of alkyl halides is 2. The Balaban J connectivity index is 2.00. The van der Waals surface area contributed by atoms with Crippen molar-refractivity contribution in [3.63, 3.8) is 0 Å². The SMILES string of the molecule is O=C(CN(c1ccc(SC(F)F)cc1)S(=O)(=O)c1ccc(Cl)c([N+](=O)[O-])c1)N1CCCCCC1. The predicted octanol–water partition coefficient (Wildman–Crippen LogP) is 5.16. The maximum absolute atomic E-state index is 13.5. The molecule has 2 aromatic carbocycles. The van der Waals surface area contributed by atoms with Crippen molar-refractivity contribution in [3.05, 3.63) is 57.6 Å². The standard InChI is InChI=1S/C21H22ClF2N3O5S2/c22-18-10-9-17(13-19(18)27(29)30)34(31,32)26(14-20(28)25-11-3-1-2-4-12-25)15-5-7-16(8-6-15)33-21(23)24/h5-10,13,21H,1-4,11-12,14H2. The molecular weight excluding hydrogens is 512 g/mol.